The molecule has 0 spiro atoms. The summed E-state index contributed by atoms with van der Waals surface area (Å²) in [6.07, 6.45) is 4.61. The van der Waals surface area contributed by atoms with Crippen LogP contribution in [0.5, 0.6) is 0 Å². The number of hydrogen-bond donors (Lipinski definition) is 1. The van der Waals surface area contributed by atoms with Gasteiger partial charge in [0.05, 0.1) is 18.4 Å². The standard InChI is InChI=1S/C24H22N6O3/c31-22(7-4-12-30-27-23(26-28-30)17-5-2-1-3-6-17)25-20-8-9-21-18(15-20)10-13-29(21)24(32)19-11-14-33-16-19/h1-3,5-6,8-9,11,14-16H,4,7,10,12-13H2,(H,25,31). The van der Waals surface area contributed by atoms with E-state index in [-0.39, 0.29) is 11.8 Å². The van der Waals surface area contributed by atoms with E-state index in [9.17, 15) is 9.59 Å². The Kier molecular flexibility index (Phi) is 5.67. The number of carbonyl (C=O) groups excluding carboxylic acids is 2. The van der Waals surface area contributed by atoms with Crippen molar-refractivity contribution in [3.8, 4) is 11.4 Å². The highest BCUT2D eigenvalue weighted by atomic mass is 16.3. The summed E-state index contributed by atoms with van der Waals surface area (Å²) in [5, 5.41) is 15.4. The number of aryl methyl sites for hydroxylation is 1. The zero-order chi connectivity index (χ0) is 22.6. The maximum atomic E-state index is 12.6. The number of benzene rings is 2. The van der Waals surface area contributed by atoms with Crippen LogP contribution in [0.25, 0.3) is 11.4 Å². The second kappa shape index (κ2) is 9.07. The van der Waals surface area contributed by atoms with Crippen LogP contribution in [0.1, 0.15) is 28.8 Å². The van der Waals surface area contributed by atoms with Crippen molar-refractivity contribution in [1.29, 1.82) is 0 Å². The Morgan fingerprint density at radius 3 is 2.79 bits per heavy atom. The number of nitrogens with zero attached hydrogens (tertiary/aromatic N) is 5. The van der Waals surface area contributed by atoms with E-state index >= 15 is 0 Å². The maximum Gasteiger partial charge on any atom is 0.261 e. The van der Waals surface area contributed by atoms with E-state index in [1.807, 2.05) is 48.5 Å². The quantitative estimate of drug-likeness (QED) is 0.469. The average molecular weight is 442 g/mol. The SMILES string of the molecule is O=C(CCCn1nnc(-c2ccccc2)n1)Nc1ccc2c(c1)CCN2C(=O)c1ccoc1. The molecule has 166 valence electrons. The van der Waals surface area contributed by atoms with E-state index in [0.29, 0.717) is 37.3 Å². The van der Waals surface area contributed by atoms with Gasteiger partial charge in [-0.1, -0.05) is 30.3 Å². The van der Waals surface area contributed by atoms with Gasteiger partial charge in [0.1, 0.15) is 6.26 Å². The summed E-state index contributed by atoms with van der Waals surface area (Å²) < 4.78 is 5.02. The van der Waals surface area contributed by atoms with Crippen molar-refractivity contribution in [3.63, 3.8) is 0 Å². The minimum atomic E-state index is -0.0866. The molecule has 0 saturated heterocycles. The zero-order valence-corrected chi connectivity index (χ0v) is 17.8. The summed E-state index contributed by atoms with van der Waals surface area (Å²) in [7, 11) is 0. The van der Waals surface area contributed by atoms with E-state index < -0.39 is 0 Å². The van der Waals surface area contributed by atoms with Crippen LogP contribution in [0.4, 0.5) is 11.4 Å². The summed E-state index contributed by atoms with van der Waals surface area (Å²) in [6.45, 7) is 1.11. The first kappa shape index (κ1) is 20.6. The lowest BCUT2D eigenvalue weighted by atomic mass is 10.1. The second-order valence-corrected chi connectivity index (χ2v) is 7.79. The van der Waals surface area contributed by atoms with E-state index in [0.717, 1.165) is 28.9 Å². The van der Waals surface area contributed by atoms with Crippen molar-refractivity contribution in [2.24, 2.45) is 0 Å². The molecule has 5 rings (SSSR count). The van der Waals surface area contributed by atoms with Gasteiger partial charge in [-0.05, 0) is 47.9 Å². The molecule has 9 heteroatoms. The van der Waals surface area contributed by atoms with Crippen LogP contribution in [0.3, 0.4) is 0 Å². The number of fused-ring (bicyclic) bond motifs is 1. The Morgan fingerprint density at radius 2 is 1.97 bits per heavy atom. The highest BCUT2D eigenvalue weighted by Crippen LogP contribution is 2.31. The third-order valence-corrected chi connectivity index (χ3v) is 5.52. The van der Waals surface area contributed by atoms with E-state index in [2.05, 4.69) is 20.7 Å². The third-order valence-electron chi connectivity index (χ3n) is 5.52. The lowest BCUT2D eigenvalue weighted by Crippen LogP contribution is -2.28. The Bertz CT molecular complexity index is 1270. The Morgan fingerprint density at radius 1 is 1.09 bits per heavy atom. The molecular formula is C24H22N6O3. The molecule has 0 unspecified atom stereocenters. The summed E-state index contributed by atoms with van der Waals surface area (Å²) in [6, 6.07) is 16.9. The first-order valence-electron chi connectivity index (χ1n) is 10.8. The number of hydrogen-bond acceptors (Lipinski definition) is 6. The number of furan rings is 1. The lowest BCUT2D eigenvalue weighted by molar-refractivity contribution is -0.116. The molecule has 0 aliphatic carbocycles. The molecule has 4 aromatic rings. The lowest BCUT2D eigenvalue weighted by Gasteiger charge is -2.16. The third kappa shape index (κ3) is 4.52. The molecule has 9 nitrogen and oxygen atoms in total. The number of tetrazole rings is 1. The molecule has 1 aliphatic rings. The maximum absolute atomic E-state index is 12.6. The fraction of sp³-hybridized carbons (Fsp3) is 0.208. The number of nitrogens with one attached hydrogen (secondary N) is 1. The summed E-state index contributed by atoms with van der Waals surface area (Å²) in [4.78, 5) is 28.3. The number of anilines is 2. The number of rotatable bonds is 7. The van der Waals surface area contributed by atoms with Gasteiger partial charge in [0, 0.05) is 29.9 Å². The van der Waals surface area contributed by atoms with Crippen molar-refractivity contribution in [2.45, 2.75) is 25.8 Å². The molecule has 2 aromatic heterocycles. The van der Waals surface area contributed by atoms with E-state index in [1.54, 1.807) is 11.0 Å². The van der Waals surface area contributed by atoms with E-state index in [1.165, 1.54) is 17.3 Å². The van der Waals surface area contributed by atoms with Gasteiger partial charge in [-0.3, -0.25) is 9.59 Å². The molecule has 0 atom stereocenters. The van der Waals surface area contributed by atoms with Crippen molar-refractivity contribution in [2.75, 3.05) is 16.8 Å². The summed E-state index contributed by atoms with van der Waals surface area (Å²) in [5.74, 6) is 0.401. The topological polar surface area (TPSA) is 106 Å². The van der Waals surface area contributed by atoms with Gasteiger partial charge < -0.3 is 14.6 Å². The number of aromatic nitrogens is 4. The van der Waals surface area contributed by atoms with Gasteiger partial charge in [-0.2, -0.15) is 4.80 Å². The van der Waals surface area contributed by atoms with Gasteiger partial charge in [-0.25, -0.2) is 0 Å². The Labute approximate surface area is 190 Å². The normalized spacial score (nSPS) is 12.5. The molecule has 0 bridgehead atoms. The zero-order valence-electron chi connectivity index (χ0n) is 17.8. The molecule has 0 saturated carbocycles. The number of carbonyl (C=O) groups is 2. The first-order valence-corrected chi connectivity index (χ1v) is 10.8. The van der Waals surface area contributed by atoms with Gasteiger partial charge in [-0.15, -0.1) is 10.2 Å². The first-order chi connectivity index (χ1) is 16.2. The summed E-state index contributed by atoms with van der Waals surface area (Å²) >= 11 is 0. The molecular weight excluding hydrogens is 420 g/mol. The Balaban J connectivity index is 1.14. The average Bonchev–Trinajstić information content (AvgIpc) is 3.60. The fourth-order valence-electron chi connectivity index (χ4n) is 3.88. The molecule has 3 heterocycles. The van der Waals surface area contributed by atoms with Crippen molar-refractivity contribution < 1.29 is 14.0 Å². The minimum absolute atomic E-state index is 0.0809. The largest absolute Gasteiger partial charge is 0.472 e. The summed E-state index contributed by atoms with van der Waals surface area (Å²) in [5.41, 5.74) is 4.05. The second-order valence-electron chi connectivity index (χ2n) is 7.79. The van der Waals surface area contributed by atoms with Crippen molar-refractivity contribution in [3.05, 3.63) is 78.3 Å². The predicted molar refractivity (Wildman–Crippen MR) is 122 cm³/mol. The van der Waals surface area contributed by atoms with Crippen molar-refractivity contribution >= 4 is 23.2 Å². The van der Waals surface area contributed by atoms with Gasteiger partial charge in [0.25, 0.3) is 5.91 Å². The van der Waals surface area contributed by atoms with Gasteiger partial charge >= 0.3 is 0 Å². The Hall–Kier alpha value is -4.27. The highest BCUT2D eigenvalue weighted by molar-refractivity contribution is 6.07. The van der Waals surface area contributed by atoms with Crippen LogP contribution in [-0.2, 0) is 17.8 Å². The van der Waals surface area contributed by atoms with Gasteiger partial charge in [0.15, 0.2) is 0 Å². The molecule has 0 radical (unpaired) electrons. The number of amides is 2. The minimum Gasteiger partial charge on any atom is -0.472 e. The monoisotopic (exact) mass is 442 g/mol. The van der Waals surface area contributed by atoms with Crippen LogP contribution in [0, 0.1) is 0 Å². The smallest absolute Gasteiger partial charge is 0.261 e. The van der Waals surface area contributed by atoms with Gasteiger partial charge in [0.2, 0.25) is 11.7 Å². The fourth-order valence-corrected chi connectivity index (χ4v) is 3.88. The van der Waals surface area contributed by atoms with Crippen LogP contribution in [0.2, 0.25) is 0 Å². The molecule has 1 N–H and O–H groups in total. The molecule has 33 heavy (non-hydrogen) atoms. The highest BCUT2D eigenvalue weighted by Gasteiger charge is 2.26. The molecule has 0 fully saturated rings. The van der Waals surface area contributed by atoms with E-state index in [4.69, 9.17) is 4.42 Å². The molecule has 2 aromatic carbocycles. The predicted octanol–water partition coefficient (Wildman–Crippen LogP) is 3.55. The van der Waals surface area contributed by atoms with Crippen LogP contribution >= 0.6 is 0 Å². The van der Waals surface area contributed by atoms with Crippen LogP contribution < -0.4 is 10.2 Å². The van der Waals surface area contributed by atoms with Crippen molar-refractivity contribution in [1.82, 2.24) is 20.2 Å². The molecule has 2 amide bonds. The molecule has 1 aliphatic heterocycles. The van der Waals surface area contributed by atoms with Crippen LogP contribution in [-0.4, -0.2) is 38.6 Å². The van der Waals surface area contributed by atoms with Crippen LogP contribution in [0.15, 0.2) is 71.5 Å².